The van der Waals surface area contributed by atoms with E-state index in [1.54, 1.807) is 0 Å². The second-order valence-electron chi connectivity index (χ2n) is 4.70. The van der Waals surface area contributed by atoms with Crippen LogP contribution in [-0.4, -0.2) is 9.78 Å². The SMILES string of the molecule is Cc1cccc(OCc2cc(N)nn2C(C)C)c1. The highest BCUT2D eigenvalue weighted by atomic mass is 16.5. The fourth-order valence-corrected chi connectivity index (χ4v) is 1.87. The van der Waals surface area contributed by atoms with Crippen LogP contribution in [0.2, 0.25) is 0 Å². The Labute approximate surface area is 107 Å². The summed E-state index contributed by atoms with van der Waals surface area (Å²) < 4.78 is 7.65. The highest BCUT2D eigenvalue weighted by molar-refractivity contribution is 5.31. The Morgan fingerprint density at radius 2 is 2.11 bits per heavy atom. The molecule has 0 spiro atoms. The van der Waals surface area contributed by atoms with Crippen LogP contribution in [0.5, 0.6) is 5.75 Å². The Morgan fingerprint density at radius 3 is 2.78 bits per heavy atom. The summed E-state index contributed by atoms with van der Waals surface area (Å²) in [4.78, 5) is 0. The first kappa shape index (κ1) is 12.5. The van der Waals surface area contributed by atoms with Crippen molar-refractivity contribution in [2.24, 2.45) is 0 Å². The van der Waals surface area contributed by atoms with Crippen molar-refractivity contribution < 1.29 is 4.74 Å². The molecule has 0 atom stereocenters. The lowest BCUT2D eigenvalue weighted by Crippen LogP contribution is -2.10. The third kappa shape index (κ3) is 2.83. The van der Waals surface area contributed by atoms with Gasteiger partial charge >= 0.3 is 0 Å². The van der Waals surface area contributed by atoms with Crippen LogP contribution >= 0.6 is 0 Å². The van der Waals surface area contributed by atoms with Crippen molar-refractivity contribution in [1.82, 2.24) is 9.78 Å². The maximum absolute atomic E-state index is 5.76. The summed E-state index contributed by atoms with van der Waals surface area (Å²) in [7, 11) is 0. The number of benzene rings is 1. The Bertz CT molecular complexity index is 532. The molecule has 0 aliphatic heterocycles. The molecule has 0 unspecified atom stereocenters. The molecule has 2 N–H and O–H groups in total. The third-order valence-electron chi connectivity index (χ3n) is 2.70. The van der Waals surface area contributed by atoms with Gasteiger partial charge in [0.25, 0.3) is 0 Å². The van der Waals surface area contributed by atoms with Crippen molar-refractivity contribution in [1.29, 1.82) is 0 Å². The van der Waals surface area contributed by atoms with Gasteiger partial charge in [0.2, 0.25) is 0 Å². The summed E-state index contributed by atoms with van der Waals surface area (Å²) in [6.07, 6.45) is 0. The van der Waals surface area contributed by atoms with E-state index in [1.165, 1.54) is 5.56 Å². The molecule has 18 heavy (non-hydrogen) atoms. The minimum Gasteiger partial charge on any atom is -0.487 e. The molecule has 2 rings (SSSR count). The minimum atomic E-state index is 0.276. The van der Waals surface area contributed by atoms with Gasteiger partial charge in [0.15, 0.2) is 0 Å². The lowest BCUT2D eigenvalue weighted by Gasteiger charge is -2.12. The molecule has 4 nitrogen and oxygen atoms in total. The highest BCUT2D eigenvalue weighted by Crippen LogP contribution is 2.17. The number of hydrogen-bond acceptors (Lipinski definition) is 3. The summed E-state index contributed by atoms with van der Waals surface area (Å²) in [5, 5.41) is 4.25. The number of nitrogens with zero attached hydrogens (tertiary/aromatic N) is 2. The quantitative estimate of drug-likeness (QED) is 0.901. The standard InChI is InChI=1S/C14H19N3O/c1-10(2)17-12(8-14(15)16-17)9-18-13-6-4-5-11(3)7-13/h4-8,10H,9H2,1-3H3,(H2,15,16). The van der Waals surface area contributed by atoms with Gasteiger partial charge in [-0.15, -0.1) is 0 Å². The zero-order valence-electron chi connectivity index (χ0n) is 11.1. The van der Waals surface area contributed by atoms with E-state index in [9.17, 15) is 0 Å². The zero-order chi connectivity index (χ0) is 13.1. The number of ether oxygens (including phenoxy) is 1. The van der Waals surface area contributed by atoms with Gasteiger partial charge in [-0.2, -0.15) is 5.10 Å². The molecule has 0 saturated heterocycles. The molecule has 0 radical (unpaired) electrons. The third-order valence-corrected chi connectivity index (χ3v) is 2.70. The van der Waals surface area contributed by atoms with Gasteiger partial charge in [-0.05, 0) is 38.5 Å². The van der Waals surface area contributed by atoms with Crippen LogP contribution < -0.4 is 10.5 Å². The molecule has 0 fully saturated rings. The molecule has 0 aliphatic carbocycles. The maximum Gasteiger partial charge on any atom is 0.145 e. The zero-order valence-corrected chi connectivity index (χ0v) is 11.1. The van der Waals surface area contributed by atoms with Crippen LogP contribution in [0.3, 0.4) is 0 Å². The molecular weight excluding hydrogens is 226 g/mol. The van der Waals surface area contributed by atoms with Gasteiger partial charge in [0.05, 0.1) is 5.69 Å². The molecular formula is C14H19N3O. The van der Waals surface area contributed by atoms with E-state index in [1.807, 2.05) is 41.9 Å². The topological polar surface area (TPSA) is 53.1 Å². The van der Waals surface area contributed by atoms with E-state index in [0.717, 1.165) is 11.4 Å². The molecule has 0 aliphatic rings. The van der Waals surface area contributed by atoms with Gasteiger partial charge in [-0.25, -0.2) is 0 Å². The van der Waals surface area contributed by atoms with Crippen molar-refractivity contribution in [2.75, 3.05) is 5.73 Å². The fraction of sp³-hybridized carbons (Fsp3) is 0.357. The summed E-state index contributed by atoms with van der Waals surface area (Å²) in [5.74, 6) is 1.40. The van der Waals surface area contributed by atoms with E-state index < -0.39 is 0 Å². The number of nitrogen functional groups attached to an aromatic ring is 1. The molecule has 2 aromatic rings. The normalized spacial score (nSPS) is 10.9. The van der Waals surface area contributed by atoms with Gasteiger partial charge < -0.3 is 10.5 Å². The molecule has 1 aromatic carbocycles. The van der Waals surface area contributed by atoms with Crippen molar-refractivity contribution in [2.45, 2.75) is 33.4 Å². The fourth-order valence-electron chi connectivity index (χ4n) is 1.87. The largest absolute Gasteiger partial charge is 0.487 e. The number of aromatic nitrogens is 2. The molecule has 4 heteroatoms. The van der Waals surface area contributed by atoms with E-state index in [-0.39, 0.29) is 6.04 Å². The number of aryl methyl sites for hydroxylation is 1. The van der Waals surface area contributed by atoms with Crippen LogP contribution in [0.1, 0.15) is 31.1 Å². The number of hydrogen-bond donors (Lipinski definition) is 1. The van der Waals surface area contributed by atoms with Gasteiger partial charge in [-0.3, -0.25) is 4.68 Å². The predicted octanol–water partition coefficient (Wildman–Crippen LogP) is 2.93. The Hall–Kier alpha value is -1.97. The van der Waals surface area contributed by atoms with Crippen LogP contribution in [0.25, 0.3) is 0 Å². The molecule has 0 saturated carbocycles. The van der Waals surface area contributed by atoms with Crippen LogP contribution in [0, 0.1) is 6.92 Å². The van der Waals surface area contributed by atoms with Gasteiger partial charge in [0.1, 0.15) is 18.2 Å². The Morgan fingerprint density at radius 1 is 1.33 bits per heavy atom. The molecule has 0 amide bonds. The summed E-state index contributed by atoms with van der Waals surface area (Å²) in [6, 6.07) is 10.1. The lowest BCUT2D eigenvalue weighted by atomic mass is 10.2. The monoisotopic (exact) mass is 245 g/mol. The van der Waals surface area contributed by atoms with Crippen LogP contribution in [-0.2, 0) is 6.61 Å². The second kappa shape index (κ2) is 5.12. The van der Waals surface area contributed by atoms with Crippen molar-refractivity contribution in [3.05, 3.63) is 41.6 Å². The molecule has 1 heterocycles. The first-order chi connectivity index (χ1) is 8.56. The number of nitrogens with two attached hydrogens (primary N) is 1. The molecule has 96 valence electrons. The Balaban J connectivity index is 2.10. The van der Waals surface area contributed by atoms with Gasteiger partial charge in [-0.1, -0.05) is 12.1 Å². The smallest absolute Gasteiger partial charge is 0.145 e. The van der Waals surface area contributed by atoms with Crippen molar-refractivity contribution in [3.8, 4) is 5.75 Å². The minimum absolute atomic E-state index is 0.276. The summed E-state index contributed by atoms with van der Waals surface area (Å²) in [6.45, 7) is 6.67. The maximum atomic E-state index is 5.76. The van der Waals surface area contributed by atoms with Crippen LogP contribution in [0.15, 0.2) is 30.3 Å². The van der Waals surface area contributed by atoms with Crippen molar-refractivity contribution in [3.63, 3.8) is 0 Å². The summed E-state index contributed by atoms with van der Waals surface area (Å²) >= 11 is 0. The van der Waals surface area contributed by atoms with E-state index in [2.05, 4.69) is 18.9 Å². The van der Waals surface area contributed by atoms with Crippen LogP contribution in [0.4, 0.5) is 5.82 Å². The first-order valence-corrected chi connectivity index (χ1v) is 6.09. The van der Waals surface area contributed by atoms with E-state index in [4.69, 9.17) is 10.5 Å². The average Bonchev–Trinajstić information content (AvgIpc) is 2.68. The first-order valence-electron chi connectivity index (χ1n) is 6.09. The summed E-state index contributed by atoms with van der Waals surface area (Å²) in [5.41, 5.74) is 7.90. The highest BCUT2D eigenvalue weighted by Gasteiger charge is 2.09. The average molecular weight is 245 g/mol. The predicted molar refractivity (Wildman–Crippen MR) is 72.5 cm³/mol. The van der Waals surface area contributed by atoms with E-state index in [0.29, 0.717) is 12.4 Å². The van der Waals surface area contributed by atoms with Gasteiger partial charge in [0, 0.05) is 12.1 Å². The molecule has 1 aromatic heterocycles. The number of rotatable bonds is 4. The van der Waals surface area contributed by atoms with E-state index >= 15 is 0 Å². The number of anilines is 1. The second-order valence-corrected chi connectivity index (χ2v) is 4.70. The lowest BCUT2D eigenvalue weighted by molar-refractivity contribution is 0.287. The molecule has 0 bridgehead atoms. The van der Waals surface area contributed by atoms with Crippen molar-refractivity contribution >= 4 is 5.82 Å². The Kier molecular flexibility index (Phi) is 3.55.